The molecular formula is C43H29N3. The molecule has 1 aliphatic rings. The molecule has 10 rings (SSSR count). The normalized spacial score (nSPS) is 12.7. The molecule has 0 spiro atoms. The zero-order valence-corrected chi connectivity index (χ0v) is 25.1. The summed E-state index contributed by atoms with van der Waals surface area (Å²) < 4.78 is 4.88. The van der Waals surface area contributed by atoms with Crippen molar-refractivity contribution in [3.05, 3.63) is 175 Å². The largest absolute Gasteiger partial charge is 0.310 e. The summed E-state index contributed by atoms with van der Waals surface area (Å²) in [4.78, 5) is 2.46. The summed E-state index contributed by atoms with van der Waals surface area (Å²) in [7, 11) is 0. The summed E-state index contributed by atoms with van der Waals surface area (Å²) in [5.41, 5.74) is 13.3. The number of anilines is 3. The number of fused-ring (bicyclic) bond motifs is 8. The number of benzene rings is 7. The van der Waals surface area contributed by atoms with E-state index < -0.39 is 0 Å². The van der Waals surface area contributed by atoms with Gasteiger partial charge in [0, 0.05) is 39.3 Å². The molecule has 3 heteroatoms. The maximum absolute atomic E-state index is 2.46. The van der Waals surface area contributed by atoms with Gasteiger partial charge in [0.2, 0.25) is 0 Å². The molecule has 0 bridgehead atoms. The van der Waals surface area contributed by atoms with Gasteiger partial charge in [-0.3, -0.25) is 0 Å². The van der Waals surface area contributed by atoms with E-state index >= 15 is 0 Å². The molecule has 216 valence electrons. The lowest BCUT2D eigenvalue weighted by molar-refractivity contribution is 1.07. The van der Waals surface area contributed by atoms with Gasteiger partial charge in [-0.15, -0.1) is 0 Å². The Balaban J connectivity index is 1.34. The number of para-hydroxylation sites is 6. The fourth-order valence-electron chi connectivity index (χ4n) is 7.74. The van der Waals surface area contributed by atoms with Crippen molar-refractivity contribution in [1.82, 2.24) is 9.13 Å². The van der Waals surface area contributed by atoms with Gasteiger partial charge in [0.1, 0.15) is 0 Å². The van der Waals surface area contributed by atoms with Crippen LogP contribution in [-0.4, -0.2) is 9.13 Å². The van der Waals surface area contributed by atoms with E-state index in [1.807, 2.05) is 0 Å². The number of nitrogens with zero attached hydrogens (tertiary/aromatic N) is 3. The van der Waals surface area contributed by atoms with Crippen LogP contribution in [-0.2, 0) is 6.42 Å². The average Bonchev–Trinajstić information content (AvgIpc) is 3.64. The predicted octanol–water partition coefficient (Wildman–Crippen LogP) is 11.3. The summed E-state index contributed by atoms with van der Waals surface area (Å²) in [6.07, 6.45) is 0.926. The lowest BCUT2D eigenvalue weighted by Crippen LogP contribution is -2.19. The molecule has 0 fully saturated rings. The van der Waals surface area contributed by atoms with Gasteiger partial charge in [-0.2, -0.15) is 0 Å². The second-order valence-electron chi connectivity index (χ2n) is 12.2. The summed E-state index contributed by atoms with van der Waals surface area (Å²) in [5.74, 6) is 0. The predicted molar refractivity (Wildman–Crippen MR) is 193 cm³/mol. The molecule has 0 aliphatic carbocycles. The second kappa shape index (κ2) is 9.72. The van der Waals surface area contributed by atoms with Gasteiger partial charge in [0.15, 0.2) is 0 Å². The highest BCUT2D eigenvalue weighted by atomic mass is 15.2. The van der Waals surface area contributed by atoms with Crippen LogP contribution in [0.5, 0.6) is 0 Å². The summed E-state index contributed by atoms with van der Waals surface area (Å²) in [5, 5.41) is 5.04. The van der Waals surface area contributed by atoms with Crippen molar-refractivity contribution in [2.75, 3.05) is 4.90 Å². The summed E-state index contributed by atoms with van der Waals surface area (Å²) in [6, 6.07) is 59.9. The summed E-state index contributed by atoms with van der Waals surface area (Å²) >= 11 is 0. The van der Waals surface area contributed by atoms with Crippen molar-refractivity contribution < 1.29 is 0 Å². The van der Waals surface area contributed by atoms with E-state index in [1.54, 1.807) is 0 Å². The number of hydrogen-bond donors (Lipinski definition) is 0. The third kappa shape index (κ3) is 3.60. The molecule has 0 unspecified atom stereocenters. The number of aromatic nitrogens is 2. The van der Waals surface area contributed by atoms with E-state index in [2.05, 4.69) is 178 Å². The minimum atomic E-state index is 0.926. The zero-order chi connectivity index (χ0) is 30.2. The highest BCUT2D eigenvalue weighted by molar-refractivity contribution is 6.10. The van der Waals surface area contributed by atoms with Crippen LogP contribution in [0.3, 0.4) is 0 Å². The monoisotopic (exact) mass is 587 g/mol. The quantitative estimate of drug-likeness (QED) is 0.200. The van der Waals surface area contributed by atoms with Crippen LogP contribution < -0.4 is 4.90 Å². The van der Waals surface area contributed by atoms with Crippen LogP contribution in [0.15, 0.2) is 164 Å². The van der Waals surface area contributed by atoms with Crippen LogP contribution >= 0.6 is 0 Å². The Morgan fingerprint density at radius 1 is 0.326 bits per heavy atom. The van der Waals surface area contributed by atoms with E-state index in [1.165, 1.54) is 66.1 Å². The van der Waals surface area contributed by atoms with E-state index in [0.29, 0.717) is 0 Å². The Hall–Kier alpha value is -6.06. The molecule has 9 aromatic rings. The van der Waals surface area contributed by atoms with Crippen molar-refractivity contribution in [2.24, 2.45) is 0 Å². The standard InChI is InChI=1S/C43H29N3/c1-7-19-38-29(13-1)25-30-14-2-8-20-39(30)44(38)31-26-32(45-40-21-9-3-15-34(40)35-16-4-10-22-41(35)45)28-33(27-31)46-42-23-11-5-17-36(42)37-18-6-12-24-43(37)46/h1-24,26-28H,25H2. The number of hydrogen-bond acceptors (Lipinski definition) is 1. The van der Waals surface area contributed by atoms with Crippen LogP contribution in [0.4, 0.5) is 17.1 Å². The van der Waals surface area contributed by atoms with Gasteiger partial charge in [-0.25, -0.2) is 0 Å². The smallest absolute Gasteiger partial charge is 0.0541 e. The van der Waals surface area contributed by atoms with Gasteiger partial charge in [-0.05, 0) is 65.7 Å². The van der Waals surface area contributed by atoms with E-state index in [4.69, 9.17) is 0 Å². The Kier molecular flexibility index (Phi) is 5.34. The molecule has 3 heterocycles. The van der Waals surface area contributed by atoms with E-state index in [9.17, 15) is 0 Å². The third-order valence-electron chi connectivity index (χ3n) is 9.67. The maximum atomic E-state index is 2.46. The SMILES string of the molecule is c1ccc2c(c1)Cc1ccccc1N2c1cc(-n2c3ccccc3c3ccccc32)cc(-n2c3ccccc3c3ccccc32)c1. The first kappa shape index (κ1) is 25.3. The van der Waals surface area contributed by atoms with E-state index in [-0.39, 0.29) is 0 Å². The fourth-order valence-corrected chi connectivity index (χ4v) is 7.74. The van der Waals surface area contributed by atoms with Crippen LogP contribution in [0.25, 0.3) is 55.0 Å². The Morgan fingerprint density at radius 2 is 0.652 bits per heavy atom. The topological polar surface area (TPSA) is 13.1 Å². The molecule has 0 atom stereocenters. The maximum Gasteiger partial charge on any atom is 0.0541 e. The molecule has 1 aliphatic heterocycles. The highest BCUT2D eigenvalue weighted by Crippen LogP contribution is 2.46. The minimum absolute atomic E-state index is 0.926. The summed E-state index contributed by atoms with van der Waals surface area (Å²) in [6.45, 7) is 0. The molecule has 0 amide bonds. The van der Waals surface area contributed by atoms with Crippen molar-refractivity contribution in [1.29, 1.82) is 0 Å². The fraction of sp³-hybridized carbons (Fsp3) is 0.0233. The first-order valence-corrected chi connectivity index (χ1v) is 15.9. The minimum Gasteiger partial charge on any atom is -0.310 e. The van der Waals surface area contributed by atoms with Gasteiger partial charge in [0.25, 0.3) is 0 Å². The van der Waals surface area contributed by atoms with Gasteiger partial charge in [0.05, 0.1) is 39.1 Å². The third-order valence-corrected chi connectivity index (χ3v) is 9.67. The Labute approximate surface area is 266 Å². The zero-order valence-electron chi connectivity index (χ0n) is 25.1. The Morgan fingerprint density at radius 3 is 1.07 bits per heavy atom. The molecule has 0 saturated carbocycles. The molecule has 3 nitrogen and oxygen atoms in total. The molecule has 0 N–H and O–H groups in total. The van der Waals surface area contributed by atoms with Gasteiger partial charge >= 0.3 is 0 Å². The van der Waals surface area contributed by atoms with Crippen molar-refractivity contribution in [3.8, 4) is 11.4 Å². The molecule has 46 heavy (non-hydrogen) atoms. The lowest BCUT2D eigenvalue weighted by Gasteiger charge is -2.34. The molecule has 0 saturated heterocycles. The van der Waals surface area contributed by atoms with Crippen molar-refractivity contribution >= 4 is 60.7 Å². The molecule has 7 aromatic carbocycles. The molecule has 0 radical (unpaired) electrons. The first-order chi connectivity index (χ1) is 22.8. The second-order valence-corrected chi connectivity index (χ2v) is 12.2. The average molecular weight is 588 g/mol. The van der Waals surface area contributed by atoms with Crippen LogP contribution in [0.1, 0.15) is 11.1 Å². The molecular weight excluding hydrogens is 558 g/mol. The first-order valence-electron chi connectivity index (χ1n) is 15.9. The van der Waals surface area contributed by atoms with E-state index in [0.717, 1.165) is 23.5 Å². The van der Waals surface area contributed by atoms with Crippen molar-refractivity contribution in [3.63, 3.8) is 0 Å². The van der Waals surface area contributed by atoms with Crippen molar-refractivity contribution in [2.45, 2.75) is 6.42 Å². The molecule has 2 aromatic heterocycles. The van der Waals surface area contributed by atoms with Gasteiger partial charge in [-0.1, -0.05) is 109 Å². The number of rotatable bonds is 3. The van der Waals surface area contributed by atoms with Crippen LogP contribution in [0.2, 0.25) is 0 Å². The van der Waals surface area contributed by atoms with Gasteiger partial charge < -0.3 is 14.0 Å². The lowest BCUT2D eigenvalue weighted by atomic mass is 9.95. The Bertz CT molecular complexity index is 2350. The highest BCUT2D eigenvalue weighted by Gasteiger charge is 2.25. The van der Waals surface area contributed by atoms with Crippen LogP contribution in [0, 0.1) is 0 Å².